The molecule has 0 fully saturated rings. The van der Waals surface area contributed by atoms with Crippen LogP contribution in [0.3, 0.4) is 0 Å². The van der Waals surface area contributed by atoms with Crippen molar-refractivity contribution < 1.29 is 4.39 Å². The first kappa shape index (κ1) is 13.0. The highest BCUT2D eigenvalue weighted by molar-refractivity contribution is 7.98. The zero-order valence-corrected chi connectivity index (χ0v) is 11.7. The number of thioether (sulfide) groups is 1. The number of fused-ring (bicyclic) bond motifs is 1. The third kappa shape index (κ3) is 2.63. The molecule has 100 valence electrons. The van der Waals surface area contributed by atoms with E-state index in [9.17, 15) is 4.39 Å². The Morgan fingerprint density at radius 1 is 1.10 bits per heavy atom. The molecule has 1 aromatic carbocycles. The molecule has 0 amide bonds. The Kier molecular flexibility index (Phi) is 3.60. The van der Waals surface area contributed by atoms with Gasteiger partial charge < -0.3 is 0 Å². The summed E-state index contributed by atoms with van der Waals surface area (Å²) >= 11 is 1.52. The fourth-order valence-corrected chi connectivity index (χ4v) is 2.81. The Morgan fingerprint density at radius 2 is 2.00 bits per heavy atom. The van der Waals surface area contributed by atoms with Gasteiger partial charge in [0.15, 0.2) is 5.16 Å². The van der Waals surface area contributed by atoms with Crippen LogP contribution in [0.2, 0.25) is 0 Å². The van der Waals surface area contributed by atoms with E-state index in [1.165, 1.54) is 17.8 Å². The number of pyridine rings is 1. The first-order valence-electron chi connectivity index (χ1n) is 6.18. The van der Waals surface area contributed by atoms with E-state index in [0.717, 1.165) is 16.4 Å². The zero-order valence-electron chi connectivity index (χ0n) is 10.9. The van der Waals surface area contributed by atoms with Gasteiger partial charge in [0.1, 0.15) is 5.82 Å². The number of hydrogen-bond donors (Lipinski definition) is 0. The van der Waals surface area contributed by atoms with Gasteiger partial charge in [0.2, 0.25) is 0 Å². The highest BCUT2D eigenvalue weighted by Gasteiger charge is 2.08. The maximum atomic E-state index is 13.7. The maximum Gasteiger partial charge on any atom is 0.188 e. The summed E-state index contributed by atoms with van der Waals surface area (Å²) in [4.78, 5) is 12.8. The monoisotopic (exact) mass is 285 g/mol. The minimum absolute atomic E-state index is 0.242. The average Bonchev–Trinajstić information content (AvgIpc) is 2.47. The van der Waals surface area contributed by atoms with Crippen molar-refractivity contribution in [3.63, 3.8) is 0 Å². The molecule has 5 heteroatoms. The van der Waals surface area contributed by atoms with Gasteiger partial charge in [-0.3, -0.25) is 4.98 Å². The SMILES string of the molecule is Cc1ccnc(SCc2ccc(F)c3cccnc23)n1. The van der Waals surface area contributed by atoms with Crippen LogP contribution in [0.1, 0.15) is 11.3 Å². The molecular weight excluding hydrogens is 273 g/mol. The molecule has 3 aromatic rings. The summed E-state index contributed by atoms with van der Waals surface area (Å²) in [5, 5.41) is 1.27. The van der Waals surface area contributed by atoms with Crippen LogP contribution in [0.4, 0.5) is 4.39 Å². The van der Waals surface area contributed by atoms with E-state index in [1.807, 2.05) is 13.0 Å². The van der Waals surface area contributed by atoms with Gasteiger partial charge in [-0.25, -0.2) is 14.4 Å². The molecule has 0 atom stereocenters. The number of rotatable bonds is 3. The van der Waals surface area contributed by atoms with Crippen LogP contribution >= 0.6 is 11.8 Å². The number of aryl methyl sites for hydroxylation is 1. The molecule has 3 nitrogen and oxygen atoms in total. The van der Waals surface area contributed by atoms with E-state index in [-0.39, 0.29) is 5.82 Å². The predicted octanol–water partition coefficient (Wildman–Crippen LogP) is 3.76. The summed E-state index contributed by atoms with van der Waals surface area (Å²) in [6.45, 7) is 1.93. The van der Waals surface area contributed by atoms with Gasteiger partial charge in [0, 0.05) is 29.2 Å². The van der Waals surface area contributed by atoms with Crippen LogP contribution in [0.25, 0.3) is 10.9 Å². The molecule has 0 aliphatic heterocycles. The summed E-state index contributed by atoms with van der Waals surface area (Å²) in [5.41, 5.74) is 2.62. The summed E-state index contributed by atoms with van der Waals surface area (Å²) < 4.78 is 13.7. The maximum absolute atomic E-state index is 13.7. The molecule has 2 aromatic heterocycles. The lowest BCUT2D eigenvalue weighted by Gasteiger charge is -2.06. The van der Waals surface area contributed by atoms with Crippen LogP contribution < -0.4 is 0 Å². The molecule has 2 heterocycles. The quantitative estimate of drug-likeness (QED) is 0.542. The molecule has 0 saturated heterocycles. The van der Waals surface area contributed by atoms with Crippen LogP contribution in [-0.4, -0.2) is 15.0 Å². The lowest BCUT2D eigenvalue weighted by molar-refractivity contribution is 0.639. The van der Waals surface area contributed by atoms with E-state index in [1.54, 1.807) is 30.6 Å². The van der Waals surface area contributed by atoms with Crippen molar-refractivity contribution >= 4 is 22.7 Å². The standard InChI is InChI=1S/C15H12FN3S/c1-10-6-8-18-15(19-10)20-9-11-4-5-13(16)12-3-2-7-17-14(11)12/h2-8H,9H2,1H3. The summed E-state index contributed by atoms with van der Waals surface area (Å²) in [6.07, 6.45) is 3.42. The van der Waals surface area contributed by atoms with Crippen LogP contribution in [0.15, 0.2) is 47.9 Å². The lowest BCUT2D eigenvalue weighted by atomic mass is 10.1. The molecule has 0 radical (unpaired) electrons. The molecule has 0 bridgehead atoms. The molecule has 20 heavy (non-hydrogen) atoms. The number of aromatic nitrogens is 3. The number of halogens is 1. The van der Waals surface area contributed by atoms with Crippen molar-refractivity contribution in [2.75, 3.05) is 0 Å². The topological polar surface area (TPSA) is 38.7 Å². The highest BCUT2D eigenvalue weighted by atomic mass is 32.2. The normalized spacial score (nSPS) is 10.9. The van der Waals surface area contributed by atoms with E-state index in [2.05, 4.69) is 15.0 Å². The largest absolute Gasteiger partial charge is 0.256 e. The third-order valence-corrected chi connectivity index (χ3v) is 3.84. The Morgan fingerprint density at radius 3 is 2.85 bits per heavy atom. The molecule has 0 unspecified atom stereocenters. The average molecular weight is 285 g/mol. The summed E-state index contributed by atoms with van der Waals surface area (Å²) in [6, 6.07) is 8.60. The fourth-order valence-electron chi connectivity index (χ4n) is 1.95. The van der Waals surface area contributed by atoms with E-state index in [0.29, 0.717) is 16.7 Å². The van der Waals surface area contributed by atoms with Crippen LogP contribution in [0, 0.1) is 12.7 Å². The van der Waals surface area contributed by atoms with Crippen molar-refractivity contribution in [1.82, 2.24) is 15.0 Å². The second kappa shape index (κ2) is 5.54. The minimum Gasteiger partial charge on any atom is -0.256 e. The smallest absolute Gasteiger partial charge is 0.188 e. The molecule has 3 rings (SSSR count). The fraction of sp³-hybridized carbons (Fsp3) is 0.133. The van der Waals surface area contributed by atoms with Crippen molar-refractivity contribution in [1.29, 1.82) is 0 Å². The van der Waals surface area contributed by atoms with Crippen LogP contribution in [0.5, 0.6) is 0 Å². The summed E-state index contributed by atoms with van der Waals surface area (Å²) in [5.74, 6) is 0.422. The van der Waals surface area contributed by atoms with Crippen molar-refractivity contribution in [2.24, 2.45) is 0 Å². The van der Waals surface area contributed by atoms with Crippen molar-refractivity contribution in [2.45, 2.75) is 17.8 Å². The Labute approximate surface area is 120 Å². The second-order valence-electron chi connectivity index (χ2n) is 4.38. The highest BCUT2D eigenvalue weighted by Crippen LogP contribution is 2.25. The van der Waals surface area contributed by atoms with Gasteiger partial charge in [0.25, 0.3) is 0 Å². The first-order chi connectivity index (χ1) is 9.74. The van der Waals surface area contributed by atoms with Gasteiger partial charge in [-0.1, -0.05) is 17.8 Å². The lowest BCUT2D eigenvalue weighted by Crippen LogP contribution is -1.92. The molecule has 0 N–H and O–H groups in total. The van der Waals surface area contributed by atoms with Crippen LogP contribution in [-0.2, 0) is 5.75 Å². The van der Waals surface area contributed by atoms with Crippen molar-refractivity contribution in [3.8, 4) is 0 Å². The van der Waals surface area contributed by atoms with Crippen molar-refractivity contribution in [3.05, 3.63) is 59.8 Å². The second-order valence-corrected chi connectivity index (χ2v) is 5.32. The van der Waals surface area contributed by atoms with Gasteiger partial charge in [-0.15, -0.1) is 0 Å². The first-order valence-corrected chi connectivity index (χ1v) is 7.17. The molecule has 0 saturated carbocycles. The van der Waals surface area contributed by atoms with Gasteiger partial charge in [-0.05, 0) is 36.8 Å². The predicted molar refractivity (Wildman–Crippen MR) is 78.0 cm³/mol. The minimum atomic E-state index is -0.242. The van der Waals surface area contributed by atoms with E-state index < -0.39 is 0 Å². The number of nitrogens with zero attached hydrogens (tertiary/aromatic N) is 3. The number of benzene rings is 1. The Hall–Kier alpha value is -2.01. The molecular formula is C15H12FN3S. The molecule has 0 aliphatic rings. The molecule has 0 spiro atoms. The van der Waals surface area contributed by atoms with Gasteiger partial charge in [-0.2, -0.15) is 0 Å². The molecule has 0 aliphatic carbocycles. The van der Waals surface area contributed by atoms with E-state index >= 15 is 0 Å². The summed E-state index contributed by atoms with van der Waals surface area (Å²) in [7, 11) is 0. The van der Waals surface area contributed by atoms with Gasteiger partial charge >= 0.3 is 0 Å². The Bertz CT molecular complexity index is 761. The Balaban J connectivity index is 1.90. The van der Waals surface area contributed by atoms with Gasteiger partial charge in [0.05, 0.1) is 5.52 Å². The third-order valence-electron chi connectivity index (χ3n) is 2.93. The zero-order chi connectivity index (χ0) is 13.9. The van der Waals surface area contributed by atoms with E-state index in [4.69, 9.17) is 0 Å². The number of hydrogen-bond acceptors (Lipinski definition) is 4.